The van der Waals surface area contributed by atoms with Crippen LogP contribution in [0.15, 0.2) is 18.2 Å². The number of carbonyl (C=O) groups is 2. The highest BCUT2D eigenvalue weighted by molar-refractivity contribution is 6.42. The molecule has 0 saturated carbocycles. The predicted molar refractivity (Wildman–Crippen MR) is 78.9 cm³/mol. The maximum Gasteiger partial charge on any atom is 0.315 e. The second-order valence-corrected chi connectivity index (χ2v) is 5.76. The van der Waals surface area contributed by atoms with Crippen molar-refractivity contribution in [3.63, 3.8) is 0 Å². The monoisotopic (exact) mass is 331 g/mol. The van der Waals surface area contributed by atoms with Crippen molar-refractivity contribution in [1.29, 1.82) is 0 Å². The summed E-state index contributed by atoms with van der Waals surface area (Å²) in [5.41, 5.74) is 0. The summed E-state index contributed by atoms with van der Waals surface area (Å²) in [4.78, 5) is 24.3. The molecule has 21 heavy (non-hydrogen) atoms. The van der Waals surface area contributed by atoms with Gasteiger partial charge in [-0.05, 0) is 19.1 Å². The van der Waals surface area contributed by atoms with E-state index in [1.165, 1.54) is 11.8 Å². The predicted octanol–water partition coefficient (Wildman–Crippen LogP) is 2.69. The van der Waals surface area contributed by atoms with E-state index < -0.39 is 11.9 Å². The number of ether oxygens (including phenoxy) is 1. The summed E-state index contributed by atoms with van der Waals surface area (Å²) >= 11 is 11.7. The summed E-state index contributed by atoms with van der Waals surface area (Å²) in [6.07, 6.45) is 0.477. The fourth-order valence-corrected chi connectivity index (χ4v) is 2.43. The largest absolute Gasteiger partial charge is 0.488 e. The Labute approximate surface area is 132 Å². The Morgan fingerprint density at radius 3 is 2.71 bits per heavy atom. The third-order valence-electron chi connectivity index (χ3n) is 3.39. The lowest BCUT2D eigenvalue weighted by molar-refractivity contribution is -0.149. The van der Waals surface area contributed by atoms with Crippen molar-refractivity contribution < 1.29 is 19.4 Å². The van der Waals surface area contributed by atoms with Gasteiger partial charge in [0.15, 0.2) is 0 Å². The number of amides is 1. The number of rotatable bonds is 4. The highest BCUT2D eigenvalue weighted by Gasteiger charge is 2.32. The SMILES string of the molecule is CC(C(=O)O)C(=O)N1CCC(Oc2ccc(Cl)c(Cl)c2)C1. The Kier molecular flexibility index (Phi) is 4.96. The van der Waals surface area contributed by atoms with Gasteiger partial charge in [-0.2, -0.15) is 0 Å². The standard InChI is InChI=1S/C14H15Cl2NO4/c1-8(14(19)20)13(18)17-5-4-10(7-17)21-9-2-3-11(15)12(16)6-9/h2-3,6,8,10H,4-5,7H2,1H3,(H,19,20). The van der Waals surface area contributed by atoms with Crippen LogP contribution in [0.5, 0.6) is 5.75 Å². The zero-order valence-electron chi connectivity index (χ0n) is 11.4. The Bertz CT molecular complexity index is 564. The third kappa shape index (κ3) is 3.80. The minimum atomic E-state index is -1.12. The summed E-state index contributed by atoms with van der Waals surface area (Å²) in [7, 11) is 0. The van der Waals surface area contributed by atoms with E-state index >= 15 is 0 Å². The Balaban J connectivity index is 1.95. The molecular formula is C14H15Cl2NO4. The van der Waals surface area contributed by atoms with Crippen molar-refractivity contribution >= 4 is 35.1 Å². The smallest absolute Gasteiger partial charge is 0.315 e. The number of benzene rings is 1. The highest BCUT2D eigenvalue weighted by atomic mass is 35.5. The van der Waals surface area contributed by atoms with E-state index in [0.29, 0.717) is 35.3 Å². The summed E-state index contributed by atoms with van der Waals surface area (Å²) in [5.74, 6) is -1.96. The molecule has 1 amide bonds. The number of hydrogen-bond acceptors (Lipinski definition) is 3. The average molecular weight is 332 g/mol. The van der Waals surface area contributed by atoms with Gasteiger partial charge in [0.05, 0.1) is 16.6 Å². The summed E-state index contributed by atoms with van der Waals surface area (Å²) in [6, 6.07) is 4.97. The molecule has 2 atom stereocenters. The van der Waals surface area contributed by atoms with Crippen LogP contribution in [0.25, 0.3) is 0 Å². The van der Waals surface area contributed by atoms with E-state index in [2.05, 4.69) is 0 Å². The van der Waals surface area contributed by atoms with Crippen LogP contribution in [0.2, 0.25) is 10.0 Å². The molecule has 0 radical (unpaired) electrons. The fourth-order valence-electron chi connectivity index (χ4n) is 2.15. The number of aliphatic carboxylic acids is 1. The van der Waals surface area contributed by atoms with Crippen molar-refractivity contribution in [2.45, 2.75) is 19.4 Å². The highest BCUT2D eigenvalue weighted by Crippen LogP contribution is 2.28. The number of halogens is 2. The molecule has 2 unspecified atom stereocenters. The molecule has 114 valence electrons. The molecule has 1 fully saturated rings. The molecule has 1 aliphatic heterocycles. The topological polar surface area (TPSA) is 66.8 Å². The van der Waals surface area contributed by atoms with E-state index in [1.54, 1.807) is 18.2 Å². The molecule has 1 aromatic carbocycles. The van der Waals surface area contributed by atoms with Crippen molar-refractivity contribution in [1.82, 2.24) is 4.90 Å². The Hall–Kier alpha value is -1.46. The van der Waals surface area contributed by atoms with Crippen LogP contribution in [0, 0.1) is 5.92 Å². The molecule has 7 heteroatoms. The summed E-state index contributed by atoms with van der Waals surface area (Å²) < 4.78 is 5.75. The van der Waals surface area contributed by atoms with Crippen molar-refractivity contribution in [3.05, 3.63) is 28.2 Å². The second-order valence-electron chi connectivity index (χ2n) is 4.95. The van der Waals surface area contributed by atoms with Gasteiger partial charge >= 0.3 is 5.97 Å². The number of hydrogen-bond donors (Lipinski definition) is 1. The molecule has 1 heterocycles. The van der Waals surface area contributed by atoms with Crippen molar-refractivity contribution in [2.24, 2.45) is 5.92 Å². The molecule has 0 bridgehead atoms. The van der Waals surface area contributed by atoms with Gasteiger partial charge in [-0.25, -0.2) is 0 Å². The molecular weight excluding hydrogens is 317 g/mol. The number of likely N-dealkylation sites (tertiary alicyclic amines) is 1. The van der Waals surface area contributed by atoms with Gasteiger partial charge in [0, 0.05) is 19.0 Å². The van der Waals surface area contributed by atoms with Crippen LogP contribution < -0.4 is 4.74 Å². The Morgan fingerprint density at radius 1 is 1.38 bits per heavy atom. The Morgan fingerprint density at radius 2 is 2.10 bits per heavy atom. The molecule has 2 rings (SSSR count). The molecule has 5 nitrogen and oxygen atoms in total. The first-order valence-corrected chi connectivity index (χ1v) is 7.27. The van der Waals surface area contributed by atoms with E-state index in [9.17, 15) is 9.59 Å². The van der Waals surface area contributed by atoms with Crippen LogP contribution in [0.3, 0.4) is 0 Å². The van der Waals surface area contributed by atoms with Gasteiger partial charge in [0.1, 0.15) is 17.8 Å². The van der Waals surface area contributed by atoms with Gasteiger partial charge < -0.3 is 14.7 Å². The lowest BCUT2D eigenvalue weighted by atomic mass is 10.1. The van der Waals surface area contributed by atoms with Crippen LogP contribution in [-0.2, 0) is 9.59 Å². The van der Waals surface area contributed by atoms with E-state index in [1.807, 2.05) is 0 Å². The lowest BCUT2D eigenvalue weighted by Crippen LogP contribution is -2.37. The van der Waals surface area contributed by atoms with E-state index in [-0.39, 0.29) is 12.0 Å². The van der Waals surface area contributed by atoms with Crippen LogP contribution in [-0.4, -0.2) is 41.1 Å². The summed E-state index contributed by atoms with van der Waals surface area (Å²) in [6.45, 7) is 2.25. The number of carboxylic acids is 1. The maximum atomic E-state index is 11.9. The van der Waals surface area contributed by atoms with Gasteiger partial charge in [-0.15, -0.1) is 0 Å². The van der Waals surface area contributed by atoms with Gasteiger partial charge in [-0.3, -0.25) is 9.59 Å². The van der Waals surface area contributed by atoms with Crippen LogP contribution in [0.1, 0.15) is 13.3 Å². The van der Waals surface area contributed by atoms with Crippen LogP contribution >= 0.6 is 23.2 Å². The van der Waals surface area contributed by atoms with Crippen LogP contribution in [0.4, 0.5) is 0 Å². The zero-order valence-corrected chi connectivity index (χ0v) is 12.9. The summed E-state index contributed by atoms with van der Waals surface area (Å²) in [5, 5.41) is 9.71. The number of carboxylic acid groups (broad SMARTS) is 1. The molecule has 1 aliphatic rings. The average Bonchev–Trinajstić information content (AvgIpc) is 2.89. The molecule has 0 aliphatic carbocycles. The zero-order chi connectivity index (χ0) is 15.6. The fraction of sp³-hybridized carbons (Fsp3) is 0.429. The third-order valence-corrected chi connectivity index (χ3v) is 4.13. The minimum Gasteiger partial charge on any atom is -0.488 e. The number of carbonyl (C=O) groups excluding carboxylic acids is 1. The maximum absolute atomic E-state index is 11.9. The molecule has 1 saturated heterocycles. The van der Waals surface area contributed by atoms with Crippen molar-refractivity contribution in [2.75, 3.05) is 13.1 Å². The lowest BCUT2D eigenvalue weighted by Gasteiger charge is -2.19. The first kappa shape index (κ1) is 15.9. The van der Waals surface area contributed by atoms with E-state index in [0.717, 1.165) is 0 Å². The molecule has 1 N–H and O–H groups in total. The van der Waals surface area contributed by atoms with Crippen molar-refractivity contribution in [3.8, 4) is 5.75 Å². The number of nitrogens with zero attached hydrogens (tertiary/aromatic N) is 1. The molecule has 0 aromatic heterocycles. The minimum absolute atomic E-state index is 0.174. The van der Waals surface area contributed by atoms with Gasteiger partial charge in [-0.1, -0.05) is 23.2 Å². The molecule has 1 aromatic rings. The first-order chi connectivity index (χ1) is 9.88. The van der Waals surface area contributed by atoms with E-state index in [4.69, 9.17) is 33.0 Å². The van der Waals surface area contributed by atoms with Gasteiger partial charge in [0.25, 0.3) is 0 Å². The quantitative estimate of drug-likeness (QED) is 0.861. The van der Waals surface area contributed by atoms with Gasteiger partial charge in [0.2, 0.25) is 5.91 Å². The molecule has 0 spiro atoms. The normalized spacial score (nSPS) is 19.4. The second kappa shape index (κ2) is 6.54. The first-order valence-electron chi connectivity index (χ1n) is 6.51.